The molecule has 0 radical (unpaired) electrons. The Morgan fingerprint density at radius 2 is 1.76 bits per heavy atom. The van der Waals surface area contributed by atoms with Crippen LogP contribution in [-0.4, -0.2) is 33.3 Å². The lowest BCUT2D eigenvalue weighted by molar-refractivity contribution is -0.157. The third kappa shape index (κ3) is 2.91. The molecule has 0 N–H and O–H groups in total. The maximum Gasteiger partial charge on any atom is 0.326 e. The average Bonchev–Trinajstić information content (AvgIpc) is 2.65. The van der Waals surface area contributed by atoms with Crippen LogP contribution in [0.5, 0.6) is 17.2 Å². The molecule has 2 aromatic carbocycles. The second kappa shape index (κ2) is 6.84. The van der Waals surface area contributed by atoms with Gasteiger partial charge in [0.15, 0.2) is 5.92 Å². The zero-order valence-electron chi connectivity index (χ0n) is 14.1. The van der Waals surface area contributed by atoms with Gasteiger partial charge in [-0.2, -0.15) is 0 Å². The van der Waals surface area contributed by atoms with Gasteiger partial charge in [-0.25, -0.2) is 0 Å². The molecule has 0 saturated carbocycles. The molecular formula is C19H18O6. The number of benzene rings is 2. The zero-order valence-corrected chi connectivity index (χ0v) is 14.1. The van der Waals surface area contributed by atoms with E-state index in [0.717, 1.165) is 5.56 Å². The van der Waals surface area contributed by atoms with Gasteiger partial charge in [-0.1, -0.05) is 30.3 Å². The normalized spacial score (nSPS) is 18.8. The van der Waals surface area contributed by atoms with Crippen molar-refractivity contribution in [1.29, 1.82) is 0 Å². The van der Waals surface area contributed by atoms with Crippen LogP contribution < -0.4 is 14.2 Å². The van der Waals surface area contributed by atoms with Gasteiger partial charge in [0.25, 0.3) is 0 Å². The number of esters is 2. The third-order valence-corrected chi connectivity index (χ3v) is 4.26. The Balaban J connectivity index is 2.26. The van der Waals surface area contributed by atoms with Gasteiger partial charge in [0.2, 0.25) is 0 Å². The molecule has 1 heterocycles. The molecular weight excluding hydrogens is 324 g/mol. The predicted molar refractivity (Wildman–Crippen MR) is 89.0 cm³/mol. The first-order chi connectivity index (χ1) is 12.1. The topological polar surface area (TPSA) is 71.1 Å². The largest absolute Gasteiger partial charge is 0.496 e. The number of hydrogen-bond acceptors (Lipinski definition) is 6. The molecule has 0 bridgehead atoms. The number of methoxy groups -OCH3 is 3. The van der Waals surface area contributed by atoms with E-state index in [9.17, 15) is 9.59 Å². The number of fused-ring (bicyclic) bond motifs is 1. The van der Waals surface area contributed by atoms with Crippen LogP contribution in [0.4, 0.5) is 0 Å². The fourth-order valence-electron chi connectivity index (χ4n) is 3.11. The third-order valence-electron chi connectivity index (χ3n) is 4.26. The highest BCUT2D eigenvalue weighted by molar-refractivity contribution is 5.99. The first-order valence-electron chi connectivity index (χ1n) is 7.71. The first-order valence-corrected chi connectivity index (χ1v) is 7.71. The lowest BCUT2D eigenvalue weighted by atomic mass is 9.78. The molecule has 130 valence electrons. The summed E-state index contributed by atoms with van der Waals surface area (Å²) in [6, 6.07) is 12.6. The summed E-state index contributed by atoms with van der Waals surface area (Å²) in [6.45, 7) is 0. The summed E-state index contributed by atoms with van der Waals surface area (Å²) in [7, 11) is 4.27. The van der Waals surface area contributed by atoms with Crippen LogP contribution in [-0.2, 0) is 14.3 Å². The Bertz CT molecular complexity index is 799. The van der Waals surface area contributed by atoms with Crippen LogP contribution in [0.1, 0.15) is 17.0 Å². The van der Waals surface area contributed by atoms with Crippen molar-refractivity contribution in [2.45, 2.75) is 5.92 Å². The van der Waals surface area contributed by atoms with E-state index in [4.69, 9.17) is 18.9 Å². The van der Waals surface area contributed by atoms with Gasteiger partial charge in [-0.3, -0.25) is 9.59 Å². The SMILES string of the molecule is COC(=O)[C@@H]1C(=O)Oc2cc(OC)cc(OC)c2[C@H]1c1ccccc1. The molecule has 0 saturated heterocycles. The summed E-state index contributed by atoms with van der Waals surface area (Å²) in [4.78, 5) is 24.8. The Labute approximate surface area is 145 Å². The van der Waals surface area contributed by atoms with Crippen molar-refractivity contribution in [3.05, 3.63) is 53.6 Å². The number of hydrogen-bond donors (Lipinski definition) is 0. The van der Waals surface area contributed by atoms with Gasteiger partial charge in [-0.05, 0) is 5.56 Å². The lowest BCUT2D eigenvalue weighted by Gasteiger charge is -2.32. The van der Waals surface area contributed by atoms with Crippen LogP contribution in [0.2, 0.25) is 0 Å². The number of carbonyl (C=O) groups is 2. The maximum absolute atomic E-state index is 12.5. The minimum Gasteiger partial charge on any atom is -0.496 e. The molecule has 25 heavy (non-hydrogen) atoms. The standard InChI is InChI=1S/C19H18O6/c1-22-12-9-13(23-2)16-14(10-12)25-19(21)17(18(20)24-3)15(16)11-7-5-4-6-8-11/h4-10,15,17H,1-3H3/t15-,17-/m1/s1. The molecule has 1 aliphatic heterocycles. The molecule has 0 spiro atoms. The molecule has 2 atom stereocenters. The summed E-state index contributed by atoms with van der Waals surface area (Å²) >= 11 is 0. The Morgan fingerprint density at radius 1 is 1.04 bits per heavy atom. The fourth-order valence-corrected chi connectivity index (χ4v) is 3.11. The van der Waals surface area contributed by atoms with Crippen molar-refractivity contribution in [2.75, 3.05) is 21.3 Å². The van der Waals surface area contributed by atoms with Crippen molar-refractivity contribution < 1.29 is 28.5 Å². The Morgan fingerprint density at radius 3 is 2.36 bits per heavy atom. The van der Waals surface area contributed by atoms with Gasteiger partial charge in [0.1, 0.15) is 17.2 Å². The second-order valence-electron chi connectivity index (χ2n) is 5.55. The van der Waals surface area contributed by atoms with Crippen LogP contribution in [0.25, 0.3) is 0 Å². The molecule has 0 unspecified atom stereocenters. The van der Waals surface area contributed by atoms with Gasteiger partial charge in [0, 0.05) is 23.6 Å². The van der Waals surface area contributed by atoms with Crippen LogP contribution >= 0.6 is 0 Å². The van der Waals surface area contributed by atoms with Gasteiger partial charge >= 0.3 is 11.9 Å². The predicted octanol–water partition coefficient (Wildman–Crippen LogP) is 2.54. The molecule has 6 nitrogen and oxygen atoms in total. The van der Waals surface area contributed by atoms with E-state index in [-0.39, 0.29) is 0 Å². The summed E-state index contributed by atoms with van der Waals surface area (Å²) in [6.07, 6.45) is 0. The van der Waals surface area contributed by atoms with E-state index in [0.29, 0.717) is 22.8 Å². The molecule has 0 aliphatic carbocycles. The molecule has 1 aliphatic rings. The molecule has 6 heteroatoms. The van der Waals surface area contributed by atoms with Gasteiger partial charge < -0.3 is 18.9 Å². The highest BCUT2D eigenvalue weighted by Gasteiger charge is 2.46. The van der Waals surface area contributed by atoms with E-state index in [2.05, 4.69) is 0 Å². The number of ether oxygens (including phenoxy) is 4. The Kier molecular flexibility index (Phi) is 4.61. The van der Waals surface area contributed by atoms with Gasteiger partial charge in [-0.15, -0.1) is 0 Å². The minimum absolute atomic E-state index is 0.315. The van der Waals surface area contributed by atoms with Crippen molar-refractivity contribution in [3.8, 4) is 17.2 Å². The van der Waals surface area contributed by atoms with Gasteiger partial charge in [0.05, 0.1) is 21.3 Å². The quantitative estimate of drug-likeness (QED) is 0.483. The fraction of sp³-hybridized carbons (Fsp3) is 0.263. The maximum atomic E-state index is 12.5. The van der Waals surface area contributed by atoms with E-state index in [1.165, 1.54) is 21.3 Å². The monoisotopic (exact) mass is 342 g/mol. The summed E-state index contributed by atoms with van der Waals surface area (Å²) in [5, 5.41) is 0. The first kappa shape index (κ1) is 16.8. The van der Waals surface area contributed by atoms with Crippen molar-refractivity contribution in [2.24, 2.45) is 5.92 Å². The molecule has 0 fully saturated rings. The molecule has 0 amide bonds. The molecule has 0 aromatic heterocycles. The summed E-state index contributed by atoms with van der Waals surface area (Å²) in [5.41, 5.74) is 1.41. The minimum atomic E-state index is -1.11. The Hall–Kier alpha value is -3.02. The molecule has 2 aromatic rings. The summed E-state index contributed by atoms with van der Waals surface area (Å²) in [5.74, 6) is -1.72. The second-order valence-corrected chi connectivity index (χ2v) is 5.55. The lowest BCUT2D eigenvalue weighted by Crippen LogP contribution is -2.38. The average molecular weight is 342 g/mol. The van der Waals surface area contributed by atoms with E-state index >= 15 is 0 Å². The zero-order chi connectivity index (χ0) is 18.0. The van der Waals surface area contributed by atoms with E-state index < -0.39 is 23.8 Å². The van der Waals surface area contributed by atoms with Crippen molar-refractivity contribution in [1.82, 2.24) is 0 Å². The highest BCUT2D eigenvalue weighted by atomic mass is 16.6. The smallest absolute Gasteiger partial charge is 0.326 e. The molecule has 3 rings (SSSR count). The highest BCUT2D eigenvalue weighted by Crippen LogP contribution is 2.48. The van der Waals surface area contributed by atoms with E-state index in [1.54, 1.807) is 12.1 Å². The van der Waals surface area contributed by atoms with E-state index in [1.807, 2.05) is 30.3 Å². The van der Waals surface area contributed by atoms with Crippen LogP contribution in [0.15, 0.2) is 42.5 Å². The van der Waals surface area contributed by atoms with Crippen molar-refractivity contribution >= 4 is 11.9 Å². The van der Waals surface area contributed by atoms with Crippen LogP contribution in [0, 0.1) is 5.92 Å². The number of rotatable bonds is 4. The number of carbonyl (C=O) groups excluding carboxylic acids is 2. The van der Waals surface area contributed by atoms with Crippen molar-refractivity contribution in [3.63, 3.8) is 0 Å². The van der Waals surface area contributed by atoms with Crippen LogP contribution in [0.3, 0.4) is 0 Å². The summed E-state index contributed by atoms with van der Waals surface area (Å²) < 4.78 is 21.0.